The van der Waals surface area contributed by atoms with Crippen molar-refractivity contribution in [2.75, 3.05) is 5.33 Å². The van der Waals surface area contributed by atoms with Crippen LogP contribution in [0.5, 0.6) is 0 Å². The van der Waals surface area contributed by atoms with Crippen molar-refractivity contribution in [3.05, 3.63) is 108 Å². The van der Waals surface area contributed by atoms with Gasteiger partial charge in [-0.2, -0.15) is 0 Å². The number of rotatable bonds is 9. The molecule has 29 heavy (non-hydrogen) atoms. The highest BCUT2D eigenvalue weighted by molar-refractivity contribution is 9.09. The number of alkyl halides is 2. The predicted molar refractivity (Wildman–Crippen MR) is 123 cm³/mol. The number of esters is 1. The average Bonchev–Trinajstić information content (AvgIpc) is 2.79. The van der Waals surface area contributed by atoms with Gasteiger partial charge in [0.2, 0.25) is 0 Å². The molecule has 1 unspecified atom stereocenters. The van der Waals surface area contributed by atoms with Gasteiger partial charge >= 0.3 is 5.97 Å². The molecule has 3 aromatic carbocycles. The molecule has 0 N–H and O–H groups in total. The summed E-state index contributed by atoms with van der Waals surface area (Å²) >= 11 is 9.86. The summed E-state index contributed by atoms with van der Waals surface area (Å²) in [6.07, 6.45) is 2.42. The van der Waals surface area contributed by atoms with Gasteiger partial charge in [0, 0.05) is 22.0 Å². The Hall–Kier alpha value is -2.10. The van der Waals surface area contributed by atoms with E-state index in [1.807, 2.05) is 91.0 Å². The Balaban J connectivity index is 2.09. The van der Waals surface area contributed by atoms with Crippen molar-refractivity contribution in [3.8, 4) is 0 Å². The summed E-state index contributed by atoms with van der Waals surface area (Å²) in [6, 6.07) is 29.5. The first kappa shape index (κ1) is 21.6. The third-order valence-electron chi connectivity index (χ3n) is 4.89. The van der Waals surface area contributed by atoms with E-state index in [0.29, 0.717) is 6.42 Å². The molecule has 0 heterocycles. The molecule has 4 heteroatoms. The average molecular weight is 472 g/mol. The third-order valence-corrected chi connectivity index (χ3v) is 5.85. The van der Waals surface area contributed by atoms with Gasteiger partial charge in [0.1, 0.15) is 5.38 Å². The molecule has 0 radical (unpaired) electrons. The van der Waals surface area contributed by atoms with Crippen molar-refractivity contribution in [1.82, 2.24) is 0 Å². The van der Waals surface area contributed by atoms with Crippen LogP contribution in [0.25, 0.3) is 0 Å². The first-order valence-corrected chi connectivity index (χ1v) is 11.3. The molecule has 0 aliphatic carbocycles. The van der Waals surface area contributed by atoms with E-state index < -0.39 is 16.9 Å². The van der Waals surface area contributed by atoms with Gasteiger partial charge in [-0.1, -0.05) is 113 Å². The molecular formula is C25H24BrClO2. The number of ether oxygens (including phenoxy) is 1. The minimum atomic E-state index is -1.07. The zero-order chi connectivity index (χ0) is 20.5. The molecule has 0 saturated heterocycles. The maximum atomic E-state index is 13.1. The molecule has 150 valence electrons. The van der Waals surface area contributed by atoms with Gasteiger partial charge < -0.3 is 4.74 Å². The van der Waals surface area contributed by atoms with Crippen LogP contribution >= 0.6 is 27.5 Å². The second-order valence-electron chi connectivity index (χ2n) is 6.85. The molecule has 0 amide bonds. The highest BCUT2D eigenvalue weighted by Gasteiger charge is 2.41. The van der Waals surface area contributed by atoms with E-state index in [1.165, 1.54) is 0 Å². The monoisotopic (exact) mass is 470 g/mol. The van der Waals surface area contributed by atoms with E-state index in [4.69, 9.17) is 16.3 Å². The van der Waals surface area contributed by atoms with Crippen LogP contribution in [-0.4, -0.2) is 16.7 Å². The van der Waals surface area contributed by atoms with Gasteiger partial charge in [-0.15, -0.1) is 11.6 Å². The Morgan fingerprint density at radius 3 is 1.59 bits per heavy atom. The Labute approximate surface area is 186 Å². The lowest BCUT2D eigenvalue weighted by atomic mass is 9.80. The lowest BCUT2D eigenvalue weighted by molar-refractivity contribution is -0.153. The fourth-order valence-electron chi connectivity index (χ4n) is 3.45. The molecule has 0 aliphatic rings. The Morgan fingerprint density at radius 2 is 1.21 bits per heavy atom. The molecule has 3 rings (SSSR count). The van der Waals surface area contributed by atoms with Crippen LogP contribution in [0.4, 0.5) is 0 Å². The molecule has 0 saturated carbocycles. The van der Waals surface area contributed by atoms with Crippen molar-refractivity contribution in [2.24, 2.45) is 0 Å². The minimum Gasteiger partial charge on any atom is -0.443 e. The Bertz CT molecular complexity index is 788. The molecule has 3 aromatic rings. The van der Waals surface area contributed by atoms with Crippen molar-refractivity contribution in [1.29, 1.82) is 0 Å². The summed E-state index contributed by atoms with van der Waals surface area (Å²) < 4.78 is 6.31. The maximum Gasteiger partial charge on any atom is 0.325 e. The van der Waals surface area contributed by atoms with Gasteiger partial charge in [-0.25, -0.2) is 0 Å². The van der Waals surface area contributed by atoms with E-state index in [-0.39, 0.29) is 0 Å². The predicted octanol–water partition coefficient (Wildman–Crippen LogP) is 6.69. The second kappa shape index (κ2) is 10.6. The normalized spacial score (nSPS) is 12.3. The number of carbonyl (C=O) groups is 1. The van der Waals surface area contributed by atoms with E-state index in [2.05, 4.69) is 15.9 Å². The summed E-state index contributed by atoms with van der Waals surface area (Å²) in [7, 11) is 0. The molecule has 0 spiro atoms. The van der Waals surface area contributed by atoms with Crippen LogP contribution in [0, 0.1) is 0 Å². The summed E-state index contributed by atoms with van der Waals surface area (Å²) in [5.41, 5.74) is 1.59. The molecule has 0 bridgehead atoms. The standard InChI is InChI=1S/C25H24BrClO2/c26-19-11-10-18-23(27)24(28)29-25(20-12-4-1-5-13-20,21-14-6-2-7-15-21)22-16-8-3-9-17-22/h1-9,12-17,23H,10-11,18-19H2. The van der Waals surface area contributed by atoms with Crippen LogP contribution < -0.4 is 0 Å². The summed E-state index contributed by atoms with van der Waals surface area (Å²) in [5, 5.41) is 0.206. The first-order valence-electron chi connectivity index (χ1n) is 9.78. The number of halogens is 2. The SMILES string of the molecule is O=C(OC(c1ccccc1)(c1ccccc1)c1ccccc1)C(Cl)CCCCBr. The lowest BCUT2D eigenvalue weighted by Gasteiger charge is -2.36. The van der Waals surface area contributed by atoms with Crippen molar-refractivity contribution in [3.63, 3.8) is 0 Å². The molecule has 1 atom stereocenters. The molecule has 0 aliphatic heterocycles. The molecule has 0 fully saturated rings. The van der Waals surface area contributed by atoms with Crippen LogP contribution in [0.3, 0.4) is 0 Å². The zero-order valence-corrected chi connectivity index (χ0v) is 18.5. The van der Waals surface area contributed by atoms with Gasteiger partial charge in [0.25, 0.3) is 0 Å². The number of hydrogen-bond donors (Lipinski definition) is 0. The van der Waals surface area contributed by atoms with Crippen LogP contribution in [-0.2, 0) is 15.1 Å². The number of unbranched alkanes of at least 4 members (excludes halogenated alkanes) is 1. The van der Waals surface area contributed by atoms with Crippen molar-refractivity contribution in [2.45, 2.75) is 30.2 Å². The van der Waals surface area contributed by atoms with Crippen LogP contribution in [0.15, 0.2) is 91.0 Å². The number of carbonyl (C=O) groups excluding carboxylic acids is 1. The largest absolute Gasteiger partial charge is 0.443 e. The minimum absolute atomic E-state index is 0.405. The van der Waals surface area contributed by atoms with Gasteiger partial charge in [0.05, 0.1) is 0 Å². The smallest absolute Gasteiger partial charge is 0.325 e. The lowest BCUT2D eigenvalue weighted by Crippen LogP contribution is -2.37. The summed E-state index contributed by atoms with van der Waals surface area (Å²) in [4.78, 5) is 13.1. The number of benzene rings is 3. The van der Waals surface area contributed by atoms with E-state index in [1.54, 1.807) is 0 Å². The fourth-order valence-corrected chi connectivity index (χ4v) is 4.04. The van der Waals surface area contributed by atoms with E-state index in [0.717, 1.165) is 34.9 Å². The van der Waals surface area contributed by atoms with Crippen molar-refractivity contribution < 1.29 is 9.53 Å². The summed E-state index contributed by atoms with van der Waals surface area (Å²) in [6.45, 7) is 0. The van der Waals surface area contributed by atoms with Crippen molar-refractivity contribution >= 4 is 33.5 Å². The first-order chi connectivity index (χ1) is 14.2. The Kier molecular flexibility index (Phi) is 7.91. The highest BCUT2D eigenvalue weighted by Crippen LogP contribution is 2.41. The van der Waals surface area contributed by atoms with Crippen LogP contribution in [0.1, 0.15) is 36.0 Å². The maximum absolute atomic E-state index is 13.1. The second-order valence-corrected chi connectivity index (χ2v) is 8.17. The fraction of sp³-hybridized carbons (Fsp3) is 0.240. The van der Waals surface area contributed by atoms with E-state index in [9.17, 15) is 4.79 Å². The van der Waals surface area contributed by atoms with E-state index >= 15 is 0 Å². The quantitative estimate of drug-likeness (QED) is 0.150. The van der Waals surface area contributed by atoms with Crippen LogP contribution in [0.2, 0.25) is 0 Å². The third kappa shape index (κ3) is 5.09. The van der Waals surface area contributed by atoms with Gasteiger partial charge in [-0.3, -0.25) is 4.79 Å². The van der Waals surface area contributed by atoms with Gasteiger partial charge in [-0.05, 0) is 12.8 Å². The Morgan fingerprint density at radius 1 is 0.793 bits per heavy atom. The topological polar surface area (TPSA) is 26.3 Å². The number of hydrogen-bond acceptors (Lipinski definition) is 2. The molecule has 0 aromatic heterocycles. The van der Waals surface area contributed by atoms with Gasteiger partial charge in [0.15, 0.2) is 5.60 Å². The zero-order valence-electron chi connectivity index (χ0n) is 16.1. The highest BCUT2D eigenvalue weighted by atomic mass is 79.9. The summed E-state index contributed by atoms with van der Waals surface area (Å²) in [5.74, 6) is -0.405. The molecule has 2 nitrogen and oxygen atoms in total. The molecular weight excluding hydrogens is 448 g/mol.